The lowest BCUT2D eigenvalue weighted by Crippen LogP contribution is -2.05. The summed E-state index contributed by atoms with van der Waals surface area (Å²) in [5.74, 6) is 0. The number of nitrogens with one attached hydrogen (secondary N) is 1. The highest BCUT2D eigenvalue weighted by Crippen LogP contribution is 2.17. The first-order valence-corrected chi connectivity index (χ1v) is 6.52. The minimum atomic E-state index is 0.841. The van der Waals surface area contributed by atoms with E-state index in [2.05, 4.69) is 26.0 Å². The zero-order chi connectivity index (χ0) is 10.7. The van der Waals surface area contributed by atoms with Crippen LogP contribution in [0.5, 0.6) is 0 Å². The lowest BCUT2D eigenvalue weighted by atomic mass is 10.4. The molecule has 0 aromatic carbocycles. The van der Waals surface area contributed by atoms with Crippen molar-refractivity contribution in [2.45, 2.75) is 19.9 Å². The summed E-state index contributed by atoms with van der Waals surface area (Å²) in [4.78, 5) is 8.96. The highest BCUT2D eigenvalue weighted by Gasteiger charge is 2.05. The predicted molar refractivity (Wildman–Crippen MR) is 64.5 cm³/mol. The van der Waals surface area contributed by atoms with Gasteiger partial charge in [-0.2, -0.15) is 0 Å². The molecule has 1 N–H and O–H groups in total. The van der Waals surface area contributed by atoms with Gasteiger partial charge in [-0.05, 0) is 14.0 Å². The van der Waals surface area contributed by atoms with E-state index in [0.29, 0.717) is 0 Å². The number of aromatic nitrogens is 2. The fourth-order valence-corrected chi connectivity index (χ4v) is 2.97. The molecule has 2 rings (SSSR count). The molecule has 0 unspecified atom stereocenters. The zero-order valence-corrected chi connectivity index (χ0v) is 10.4. The molecule has 15 heavy (non-hydrogen) atoms. The number of rotatable bonds is 4. The molecule has 0 aliphatic heterocycles. The van der Waals surface area contributed by atoms with Crippen molar-refractivity contribution in [2.24, 2.45) is 0 Å². The molecule has 0 radical (unpaired) electrons. The van der Waals surface area contributed by atoms with Crippen LogP contribution in [-0.4, -0.2) is 17.0 Å². The lowest BCUT2D eigenvalue weighted by molar-refractivity contribution is 0.793. The van der Waals surface area contributed by atoms with Crippen molar-refractivity contribution in [3.8, 4) is 0 Å². The Kier molecular flexibility index (Phi) is 3.45. The number of hydrogen-bond donors (Lipinski definition) is 1. The number of aryl methyl sites for hydroxylation is 1. The second-order valence-electron chi connectivity index (χ2n) is 3.32. The average molecular weight is 239 g/mol. The average Bonchev–Trinajstić information content (AvgIpc) is 2.78. The summed E-state index contributed by atoms with van der Waals surface area (Å²) in [6.45, 7) is 2.86. The summed E-state index contributed by atoms with van der Waals surface area (Å²) >= 11 is 3.42. The Hall–Kier alpha value is -0.780. The number of hydrogen-bond acceptors (Lipinski definition) is 5. The second-order valence-corrected chi connectivity index (χ2v) is 5.21. The van der Waals surface area contributed by atoms with Crippen LogP contribution in [0.2, 0.25) is 0 Å². The smallest absolute Gasteiger partial charge is 0.0997 e. The highest BCUT2D eigenvalue weighted by molar-refractivity contribution is 7.11. The Morgan fingerprint density at radius 2 is 1.93 bits per heavy atom. The Balaban J connectivity index is 2.04. The van der Waals surface area contributed by atoms with Gasteiger partial charge in [0.1, 0.15) is 0 Å². The van der Waals surface area contributed by atoms with E-state index in [-0.39, 0.29) is 0 Å². The van der Waals surface area contributed by atoms with Gasteiger partial charge in [0, 0.05) is 23.0 Å². The van der Waals surface area contributed by atoms with Crippen molar-refractivity contribution in [3.63, 3.8) is 0 Å². The molecule has 0 saturated carbocycles. The molecule has 0 atom stereocenters. The van der Waals surface area contributed by atoms with Gasteiger partial charge in [0.05, 0.1) is 22.1 Å². The Bertz CT molecular complexity index is 433. The lowest BCUT2D eigenvalue weighted by Gasteiger charge is -1.92. The zero-order valence-electron chi connectivity index (χ0n) is 8.78. The molecule has 80 valence electrons. The summed E-state index contributed by atoms with van der Waals surface area (Å²) in [5.41, 5.74) is 2.22. The summed E-state index contributed by atoms with van der Waals surface area (Å²) in [7, 11) is 1.93. The van der Waals surface area contributed by atoms with Crippen molar-refractivity contribution in [3.05, 3.63) is 32.2 Å². The fraction of sp³-hybridized carbons (Fsp3) is 0.400. The quantitative estimate of drug-likeness (QED) is 0.889. The molecule has 3 nitrogen and oxygen atoms in total. The molecule has 0 saturated heterocycles. The van der Waals surface area contributed by atoms with Gasteiger partial charge in [0.15, 0.2) is 0 Å². The second kappa shape index (κ2) is 4.83. The molecule has 2 aromatic rings. The van der Waals surface area contributed by atoms with E-state index in [1.54, 1.807) is 22.7 Å². The van der Waals surface area contributed by atoms with Gasteiger partial charge < -0.3 is 5.32 Å². The summed E-state index contributed by atoms with van der Waals surface area (Å²) < 4.78 is 0. The monoisotopic (exact) mass is 239 g/mol. The summed E-state index contributed by atoms with van der Waals surface area (Å²) in [5, 5.41) is 9.58. The first-order valence-electron chi connectivity index (χ1n) is 4.77. The van der Waals surface area contributed by atoms with Gasteiger partial charge in [-0.15, -0.1) is 22.7 Å². The fourth-order valence-electron chi connectivity index (χ4n) is 1.31. The largest absolute Gasteiger partial charge is 0.314 e. The van der Waals surface area contributed by atoms with E-state index in [1.807, 2.05) is 14.0 Å². The number of nitrogens with zero attached hydrogens (tertiary/aromatic N) is 2. The van der Waals surface area contributed by atoms with E-state index in [9.17, 15) is 0 Å². The summed E-state index contributed by atoms with van der Waals surface area (Å²) in [6.07, 6.45) is 0.868. The SMILES string of the molecule is CNCc1csc(Cc2nc(C)cs2)n1. The van der Waals surface area contributed by atoms with E-state index in [0.717, 1.165) is 34.4 Å². The molecular formula is C10H13N3S2. The normalized spacial score (nSPS) is 10.8. The molecule has 2 aromatic heterocycles. The molecule has 5 heteroatoms. The van der Waals surface area contributed by atoms with Crippen LogP contribution >= 0.6 is 22.7 Å². The van der Waals surface area contributed by atoms with Crippen molar-refractivity contribution in [1.82, 2.24) is 15.3 Å². The van der Waals surface area contributed by atoms with Crippen molar-refractivity contribution in [2.75, 3.05) is 7.05 Å². The van der Waals surface area contributed by atoms with Gasteiger partial charge in [-0.1, -0.05) is 0 Å². The van der Waals surface area contributed by atoms with Gasteiger partial charge in [-0.3, -0.25) is 0 Å². The minimum absolute atomic E-state index is 0.841. The van der Waals surface area contributed by atoms with Crippen LogP contribution in [0.15, 0.2) is 10.8 Å². The first kappa shape index (κ1) is 10.7. The minimum Gasteiger partial charge on any atom is -0.314 e. The van der Waals surface area contributed by atoms with Gasteiger partial charge in [0.25, 0.3) is 0 Å². The molecule has 0 fully saturated rings. The molecule has 0 amide bonds. The topological polar surface area (TPSA) is 37.8 Å². The van der Waals surface area contributed by atoms with Crippen LogP contribution < -0.4 is 5.32 Å². The molecule has 0 spiro atoms. The maximum atomic E-state index is 4.53. The number of thiazole rings is 2. The molecular weight excluding hydrogens is 226 g/mol. The Labute approximate surface area is 97.2 Å². The van der Waals surface area contributed by atoms with Crippen molar-refractivity contribution < 1.29 is 0 Å². The molecule has 0 bridgehead atoms. The van der Waals surface area contributed by atoms with Gasteiger partial charge in [-0.25, -0.2) is 9.97 Å². The van der Waals surface area contributed by atoms with E-state index < -0.39 is 0 Å². The van der Waals surface area contributed by atoms with Crippen LogP contribution in [0.4, 0.5) is 0 Å². The first-order chi connectivity index (χ1) is 7.28. The van der Waals surface area contributed by atoms with Crippen molar-refractivity contribution >= 4 is 22.7 Å². The molecule has 0 aliphatic rings. The van der Waals surface area contributed by atoms with Crippen LogP contribution in [0.1, 0.15) is 21.4 Å². The third-order valence-electron chi connectivity index (χ3n) is 1.93. The van der Waals surface area contributed by atoms with Crippen LogP contribution in [0, 0.1) is 6.92 Å². The van der Waals surface area contributed by atoms with E-state index in [4.69, 9.17) is 0 Å². The van der Waals surface area contributed by atoms with E-state index in [1.165, 1.54) is 0 Å². The molecule has 2 heterocycles. The third kappa shape index (κ3) is 2.84. The van der Waals surface area contributed by atoms with Gasteiger partial charge in [0.2, 0.25) is 0 Å². The Morgan fingerprint density at radius 1 is 1.20 bits per heavy atom. The molecule has 0 aliphatic carbocycles. The van der Waals surface area contributed by atoms with Gasteiger partial charge >= 0.3 is 0 Å². The maximum absolute atomic E-state index is 4.53. The third-order valence-corrected chi connectivity index (χ3v) is 3.79. The van der Waals surface area contributed by atoms with Crippen LogP contribution in [-0.2, 0) is 13.0 Å². The van der Waals surface area contributed by atoms with Crippen molar-refractivity contribution in [1.29, 1.82) is 0 Å². The predicted octanol–water partition coefficient (Wildman–Crippen LogP) is 2.22. The van der Waals surface area contributed by atoms with Crippen LogP contribution in [0.25, 0.3) is 0 Å². The van der Waals surface area contributed by atoms with Crippen LogP contribution in [0.3, 0.4) is 0 Å². The van der Waals surface area contributed by atoms with E-state index >= 15 is 0 Å². The standard InChI is InChI=1S/C10H13N3S2/c1-7-5-14-9(12-7)3-10-13-8(4-11-2)6-15-10/h5-6,11H,3-4H2,1-2H3. The highest BCUT2D eigenvalue weighted by atomic mass is 32.1. The maximum Gasteiger partial charge on any atom is 0.0997 e. The summed E-state index contributed by atoms with van der Waals surface area (Å²) in [6, 6.07) is 0. The Morgan fingerprint density at radius 3 is 2.60 bits per heavy atom.